The van der Waals surface area contributed by atoms with Crippen molar-refractivity contribution in [1.82, 2.24) is 0 Å². The Hall–Kier alpha value is -2.69. The van der Waals surface area contributed by atoms with E-state index in [0.717, 1.165) is 24.1 Å². The second-order valence-corrected chi connectivity index (χ2v) is 5.50. The summed E-state index contributed by atoms with van der Waals surface area (Å²) in [6.45, 7) is 2.68. The van der Waals surface area contributed by atoms with Gasteiger partial charge in [0.05, 0.1) is 4.92 Å². The minimum atomic E-state index is -0.464. The quantitative estimate of drug-likeness (QED) is 0.629. The maximum atomic E-state index is 12.7. The first-order valence-corrected chi connectivity index (χ1v) is 7.22. The first-order valence-electron chi connectivity index (χ1n) is 7.22. The van der Waals surface area contributed by atoms with E-state index < -0.39 is 4.92 Å². The van der Waals surface area contributed by atoms with Crippen LogP contribution in [0.3, 0.4) is 0 Å². The highest BCUT2D eigenvalue weighted by atomic mass is 16.6. The zero-order valence-corrected chi connectivity index (χ0v) is 12.3. The van der Waals surface area contributed by atoms with Crippen molar-refractivity contribution in [3.8, 4) is 0 Å². The third-order valence-electron chi connectivity index (χ3n) is 3.93. The number of rotatable bonds is 2. The van der Waals surface area contributed by atoms with Gasteiger partial charge in [0.15, 0.2) is 0 Å². The van der Waals surface area contributed by atoms with Crippen LogP contribution in [0.25, 0.3) is 0 Å². The highest BCUT2D eigenvalue weighted by Crippen LogP contribution is 2.29. The van der Waals surface area contributed by atoms with Crippen LogP contribution in [0.1, 0.15) is 27.9 Å². The number of nitrogens with zero attached hydrogens (tertiary/aromatic N) is 2. The number of fused-ring (bicyclic) bond motifs is 1. The van der Waals surface area contributed by atoms with Crippen LogP contribution in [0, 0.1) is 17.0 Å². The maximum Gasteiger partial charge on any atom is 0.269 e. The molecule has 0 saturated carbocycles. The van der Waals surface area contributed by atoms with Gasteiger partial charge in [0.25, 0.3) is 11.6 Å². The fourth-order valence-electron chi connectivity index (χ4n) is 2.78. The lowest BCUT2D eigenvalue weighted by molar-refractivity contribution is -0.384. The molecule has 1 amide bonds. The SMILES string of the molecule is Cc1ccc2c(c1)N(C(=O)c1ccc([N+](=O)[O-])cc1)CCC2. The summed E-state index contributed by atoms with van der Waals surface area (Å²) in [5, 5.41) is 10.7. The summed E-state index contributed by atoms with van der Waals surface area (Å²) in [7, 11) is 0. The minimum absolute atomic E-state index is 0.00793. The van der Waals surface area contributed by atoms with Crippen molar-refractivity contribution in [2.24, 2.45) is 0 Å². The number of nitro groups is 1. The molecule has 0 saturated heterocycles. The summed E-state index contributed by atoms with van der Waals surface area (Å²) in [5.41, 5.74) is 3.70. The standard InChI is InChI=1S/C17H16N2O3/c1-12-4-5-13-3-2-10-18(16(13)11-12)17(20)14-6-8-15(9-7-14)19(21)22/h4-9,11H,2-3,10H2,1H3. The average molecular weight is 296 g/mol. The van der Waals surface area contributed by atoms with E-state index in [1.165, 1.54) is 29.8 Å². The molecule has 0 unspecified atom stereocenters. The molecule has 1 aliphatic heterocycles. The fourth-order valence-corrected chi connectivity index (χ4v) is 2.78. The Kier molecular flexibility index (Phi) is 3.63. The van der Waals surface area contributed by atoms with Crippen LogP contribution in [0.4, 0.5) is 11.4 Å². The van der Waals surface area contributed by atoms with Gasteiger partial charge < -0.3 is 4.90 Å². The molecule has 0 atom stereocenters. The predicted octanol–water partition coefficient (Wildman–Crippen LogP) is 3.50. The number of carbonyl (C=O) groups is 1. The zero-order chi connectivity index (χ0) is 15.7. The van der Waals surface area contributed by atoms with Gasteiger partial charge >= 0.3 is 0 Å². The number of benzene rings is 2. The lowest BCUT2D eigenvalue weighted by atomic mass is 9.99. The number of non-ortho nitro benzene ring substituents is 1. The van der Waals surface area contributed by atoms with Crippen molar-refractivity contribution in [2.75, 3.05) is 11.4 Å². The summed E-state index contributed by atoms with van der Waals surface area (Å²) in [4.78, 5) is 24.7. The minimum Gasteiger partial charge on any atom is -0.308 e. The summed E-state index contributed by atoms with van der Waals surface area (Å²) >= 11 is 0. The first-order chi connectivity index (χ1) is 10.6. The Morgan fingerprint density at radius 2 is 1.91 bits per heavy atom. The number of nitro benzene ring substituents is 1. The molecule has 3 rings (SSSR count). The number of hydrogen-bond acceptors (Lipinski definition) is 3. The van der Waals surface area contributed by atoms with Crippen molar-refractivity contribution in [2.45, 2.75) is 19.8 Å². The first kappa shape index (κ1) is 14.3. The van der Waals surface area contributed by atoms with Crippen LogP contribution in [0.5, 0.6) is 0 Å². The molecular formula is C17H16N2O3. The molecule has 0 bridgehead atoms. The molecule has 5 heteroatoms. The van der Waals surface area contributed by atoms with E-state index in [9.17, 15) is 14.9 Å². The molecule has 0 aromatic heterocycles. The predicted molar refractivity (Wildman–Crippen MR) is 84.3 cm³/mol. The lowest BCUT2D eigenvalue weighted by Crippen LogP contribution is -2.35. The Balaban J connectivity index is 1.93. The van der Waals surface area contributed by atoms with Crippen molar-refractivity contribution < 1.29 is 9.72 Å². The number of carbonyl (C=O) groups excluding carboxylic acids is 1. The number of aryl methyl sites for hydroxylation is 2. The van der Waals surface area contributed by atoms with E-state index in [1.54, 1.807) is 4.90 Å². The highest BCUT2D eigenvalue weighted by Gasteiger charge is 2.24. The molecule has 0 radical (unpaired) electrons. The number of amides is 1. The van der Waals surface area contributed by atoms with Gasteiger partial charge in [-0.05, 0) is 49.1 Å². The van der Waals surface area contributed by atoms with E-state index in [0.29, 0.717) is 12.1 Å². The molecule has 0 fully saturated rings. The van der Waals surface area contributed by atoms with Gasteiger partial charge in [-0.25, -0.2) is 0 Å². The van der Waals surface area contributed by atoms with E-state index in [1.807, 2.05) is 13.0 Å². The van der Waals surface area contributed by atoms with Crippen LogP contribution in [-0.4, -0.2) is 17.4 Å². The van der Waals surface area contributed by atoms with Gasteiger partial charge in [-0.15, -0.1) is 0 Å². The molecule has 112 valence electrons. The Morgan fingerprint density at radius 1 is 1.18 bits per heavy atom. The van der Waals surface area contributed by atoms with Crippen molar-refractivity contribution in [1.29, 1.82) is 0 Å². The lowest BCUT2D eigenvalue weighted by Gasteiger charge is -2.30. The zero-order valence-electron chi connectivity index (χ0n) is 12.3. The molecule has 1 heterocycles. The average Bonchev–Trinajstić information content (AvgIpc) is 2.53. The molecule has 1 aliphatic rings. The number of hydrogen-bond donors (Lipinski definition) is 0. The molecule has 2 aromatic rings. The normalized spacial score (nSPS) is 13.6. The van der Waals surface area contributed by atoms with Crippen LogP contribution < -0.4 is 4.90 Å². The second kappa shape index (κ2) is 5.60. The van der Waals surface area contributed by atoms with Gasteiger partial charge in [0.2, 0.25) is 0 Å². The highest BCUT2D eigenvalue weighted by molar-refractivity contribution is 6.06. The summed E-state index contributed by atoms with van der Waals surface area (Å²) in [6.07, 6.45) is 1.90. The van der Waals surface area contributed by atoms with Gasteiger partial charge in [-0.1, -0.05) is 12.1 Å². The van der Waals surface area contributed by atoms with Gasteiger partial charge in [-0.3, -0.25) is 14.9 Å². The molecule has 0 N–H and O–H groups in total. The van der Waals surface area contributed by atoms with Gasteiger partial charge in [0.1, 0.15) is 0 Å². The van der Waals surface area contributed by atoms with Crippen LogP contribution in [0.2, 0.25) is 0 Å². The molecule has 0 aliphatic carbocycles. The third-order valence-corrected chi connectivity index (χ3v) is 3.93. The van der Waals surface area contributed by atoms with Gasteiger partial charge in [0, 0.05) is 29.9 Å². The summed E-state index contributed by atoms with van der Waals surface area (Å²) in [6, 6.07) is 11.9. The van der Waals surface area contributed by atoms with Crippen molar-refractivity contribution in [3.05, 3.63) is 69.3 Å². The Labute approximate surface area is 128 Å². The molecule has 22 heavy (non-hydrogen) atoms. The van der Waals surface area contributed by atoms with E-state index in [4.69, 9.17) is 0 Å². The van der Waals surface area contributed by atoms with Crippen molar-refractivity contribution >= 4 is 17.3 Å². The number of anilines is 1. The largest absolute Gasteiger partial charge is 0.308 e. The third kappa shape index (κ3) is 2.57. The summed E-state index contributed by atoms with van der Waals surface area (Å²) in [5.74, 6) is -0.110. The molecule has 2 aromatic carbocycles. The van der Waals surface area contributed by atoms with Crippen LogP contribution in [-0.2, 0) is 6.42 Å². The van der Waals surface area contributed by atoms with Crippen molar-refractivity contribution in [3.63, 3.8) is 0 Å². The van der Waals surface area contributed by atoms with Crippen LogP contribution >= 0.6 is 0 Å². The Bertz CT molecular complexity index is 738. The smallest absolute Gasteiger partial charge is 0.269 e. The maximum absolute atomic E-state index is 12.7. The van der Waals surface area contributed by atoms with E-state index in [2.05, 4.69) is 12.1 Å². The topological polar surface area (TPSA) is 63.5 Å². The molecule has 5 nitrogen and oxygen atoms in total. The Morgan fingerprint density at radius 3 is 2.59 bits per heavy atom. The van der Waals surface area contributed by atoms with E-state index in [-0.39, 0.29) is 11.6 Å². The monoisotopic (exact) mass is 296 g/mol. The molecule has 0 spiro atoms. The van der Waals surface area contributed by atoms with Crippen LogP contribution in [0.15, 0.2) is 42.5 Å². The molecular weight excluding hydrogens is 280 g/mol. The van der Waals surface area contributed by atoms with E-state index >= 15 is 0 Å². The fraction of sp³-hybridized carbons (Fsp3) is 0.235. The summed E-state index contributed by atoms with van der Waals surface area (Å²) < 4.78 is 0. The van der Waals surface area contributed by atoms with Gasteiger partial charge in [-0.2, -0.15) is 0 Å². The second-order valence-electron chi connectivity index (χ2n) is 5.50.